The smallest absolute Gasteiger partial charge is 0.247 e. The van der Waals surface area contributed by atoms with E-state index in [0.29, 0.717) is 12.5 Å². The van der Waals surface area contributed by atoms with Crippen molar-refractivity contribution < 1.29 is 9.63 Å². The first-order valence-corrected chi connectivity index (χ1v) is 5.48. The van der Waals surface area contributed by atoms with E-state index in [1.165, 1.54) is 5.57 Å². The largest absolute Gasteiger partial charge is 0.274 e. The predicted molar refractivity (Wildman–Crippen MR) is 60.0 cm³/mol. The maximum absolute atomic E-state index is 11.7. The minimum absolute atomic E-state index is 0.00403. The van der Waals surface area contributed by atoms with Crippen LogP contribution in [0.4, 0.5) is 0 Å². The first kappa shape index (κ1) is 12.2. The van der Waals surface area contributed by atoms with Crippen molar-refractivity contribution in [2.75, 3.05) is 6.61 Å². The van der Waals surface area contributed by atoms with Gasteiger partial charge in [-0.1, -0.05) is 25.5 Å². The first-order chi connectivity index (χ1) is 6.91. The zero-order valence-electron chi connectivity index (χ0n) is 10.3. The molecule has 86 valence electrons. The van der Waals surface area contributed by atoms with Crippen LogP contribution in [0.1, 0.15) is 34.6 Å². The summed E-state index contributed by atoms with van der Waals surface area (Å²) in [7, 11) is 0. The van der Waals surface area contributed by atoms with E-state index in [1.54, 1.807) is 0 Å². The van der Waals surface area contributed by atoms with E-state index in [9.17, 15) is 4.79 Å². The summed E-state index contributed by atoms with van der Waals surface area (Å²) in [5, 5.41) is 0. The molecule has 0 aromatic rings. The molecule has 0 radical (unpaired) electrons. The highest BCUT2D eigenvalue weighted by Gasteiger charge is 2.60. The Bertz CT molecular complexity index is 277. The number of hydrogen-bond donors (Lipinski definition) is 1. The van der Waals surface area contributed by atoms with E-state index in [4.69, 9.17) is 4.84 Å². The van der Waals surface area contributed by atoms with Gasteiger partial charge in [0.1, 0.15) is 0 Å². The van der Waals surface area contributed by atoms with Crippen molar-refractivity contribution >= 4 is 5.91 Å². The van der Waals surface area contributed by atoms with Crippen LogP contribution >= 0.6 is 0 Å². The average Bonchev–Trinajstić information content (AvgIpc) is 2.63. The fraction of sp³-hybridized carbons (Fsp3) is 0.750. The molecule has 0 saturated heterocycles. The molecule has 0 aromatic carbocycles. The third-order valence-corrected chi connectivity index (χ3v) is 3.02. The van der Waals surface area contributed by atoms with E-state index in [0.717, 1.165) is 0 Å². The summed E-state index contributed by atoms with van der Waals surface area (Å²) < 4.78 is 0. The maximum atomic E-state index is 11.7. The van der Waals surface area contributed by atoms with Gasteiger partial charge in [0, 0.05) is 0 Å². The van der Waals surface area contributed by atoms with Crippen LogP contribution in [0, 0.1) is 17.3 Å². The minimum Gasteiger partial charge on any atom is -0.274 e. The number of allylic oxidation sites excluding steroid dienone is 2. The molecule has 0 aromatic heterocycles. The monoisotopic (exact) mass is 211 g/mol. The second kappa shape index (κ2) is 4.35. The molecule has 3 nitrogen and oxygen atoms in total. The summed E-state index contributed by atoms with van der Waals surface area (Å²) in [5.74, 6) is 0.409. The molecule has 1 aliphatic rings. The van der Waals surface area contributed by atoms with E-state index in [1.807, 2.05) is 6.92 Å². The second-order valence-corrected chi connectivity index (χ2v) is 4.97. The summed E-state index contributed by atoms with van der Waals surface area (Å²) in [5.41, 5.74) is 3.82. The van der Waals surface area contributed by atoms with Crippen LogP contribution in [-0.2, 0) is 9.63 Å². The quantitative estimate of drug-likeness (QED) is 0.572. The van der Waals surface area contributed by atoms with Gasteiger partial charge in [-0.25, -0.2) is 5.48 Å². The van der Waals surface area contributed by atoms with Gasteiger partial charge in [0.25, 0.3) is 0 Å². The zero-order chi connectivity index (χ0) is 11.6. The van der Waals surface area contributed by atoms with Crippen LogP contribution < -0.4 is 5.48 Å². The first-order valence-electron chi connectivity index (χ1n) is 5.48. The number of amides is 1. The lowest BCUT2D eigenvalue weighted by Crippen LogP contribution is -2.26. The lowest BCUT2D eigenvalue weighted by Gasteiger charge is -2.03. The highest BCUT2D eigenvalue weighted by molar-refractivity contribution is 5.82. The van der Waals surface area contributed by atoms with Crippen LogP contribution in [0.3, 0.4) is 0 Å². The number of carbonyl (C=O) groups excluding carboxylic acids is 1. The molecule has 15 heavy (non-hydrogen) atoms. The van der Waals surface area contributed by atoms with Crippen LogP contribution in [0.5, 0.6) is 0 Å². The molecule has 1 fully saturated rings. The normalized spacial score (nSPS) is 27.0. The summed E-state index contributed by atoms with van der Waals surface area (Å²) in [6.07, 6.45) is 2.18. The highest BCUT2D eigenvalue weighted by atomic mass is 16.6. The fourth-order valence-electron chi connectivity index (χ4n) is 2.06. The summed E-state index contributed by atoms with van der Waals surface area (Å²) in [4.78, 5) is 16.6. The van der Waals surface area contributed by atoms with Crippen LogP contribution in [0.15, 0.2) is 11.6 Å². The van der Waals surface area contributed by atoms with E-state index in [-0.39, 0.29) is 17.2 Å². The molecule has 1 saturated carbocycles. The number of rotatable bonds is 4. The van der Waals surface area contributed by atoms with Crippen molar-refractivity contribution in [1.82, 2.24) is 5.48 Å². The molecule has 2 atom stereocenters. The molecular formula is C12H21NO2. The lowest BCUT2D eigenvalue weighted by atomic mass is 10.1. The van der Waals surface area contributed by atoms with Crippen LogP contribution in [0.25, 0.3) is 0 Å². The lowest BCUT2D eigenvalue weighted by molar-refractivity contribution is -0.135. The molecule has 1 amide bonds. The summed E-state index contributed by atoms with van der Waals surface area (Å²) >= 11 is 0. The Morgan fingerprint density at radius 2 is 2.07 bits per heavy atom. The Labute approximate surface area is 91.8 Å². The van der Waals surface area contributed by atoms with Gasteiger partial charge in [-0.05, 0) is 32.1 Å². The highest BCUT2D eigenvalue weighted by Crippen LogP contribution is 2.59. The standard InChI is InChI=1S/C12H21NO2/c1-6-15-13-11(14)10-9(7-8(2)3)12(10,4)5/h7,9-10H,6H2,1-5H3,(H,13,14)/t9-,10-/m0/s1. The Morgan fingerprint density at radius 3 is 2.53 bits per heavy atom. The molecule has 1 aliphatic carbocycles. The van der Waals surface area contributed by atoms with Gasteiger partial charge in [0.05, 0.1) is 12.5 Å². The molecular weight excluding hydrogens is 190 g/mol. The van der Waals surface area contributed by atoms with Gasteiger partial charge < -0.3 is 0 Å². The number of nitrogens with one attached hydrogen (secondary N) is 1. The maximum Gasteiger partial charge on any atom is 0.247 e. The summed E-state index contributed by atoms with van der Waals surface area (Å²) in [6.45, 7) is 10.7. The van der Waals surface area contributed by atoms with Crippen molar-refractivity contribution in [2.24, 2.45) is 17.3 Å². The third-order valence-electron chi connectivity index (χ3n) is 3.02. The van der Waals surface area contributed by atoms with Gasteiger partial charge in [0.2, 0.25) is 5.91 Å². The van der Waals surface area contributed by atoms with E-state index < -0.39 is 0 Å². The predicted octanol–water partition coefficient (Wildman–Crippen LogP) is 2.29. The van der Waals surface area contributed by atoms with Crippen molar-refractivity contribution in [3.8, 4) is 0 Å². The van der Waals surface area contributed by atoms with Crippen molar-refractivity contribution in [3.05, 3.63) is 11.6 Å². The van der Waals surface area contributed by atoms with Crippen molar-refractivity contribution in [2.45, 2.75) is 34.6 Å². The Balaban J connectivity index is 2.58. The topological polar surface area (TPSA) is 38.3 Å². The molecule has 0 aliphatic heterocycles. The zero-order valence-corrected chi connectivity index (χ0v) is 10.3. The van der Waals surface area contributed by atoms with Gasteiger partial charge in [0.15, 0.2) is 0 Å². The number of hydrogen-bond acceptors (Lipinski definition) is 2. The Morgan fingerprint density at radius 1 is 1.47 bits per heavy atom. The fourth-order valence-corrected chi connectivity index (χ4v) is 2.06. The van der Waals surface area contributed by atoms with E-state index in [2.05, 4.69) is 39.3 Å². The van der Waals surface area contributed by atoms with Crippen molar-refractivity contribution in [3.63, 3.8) is 0 Å². The Hall–Kier alpha value is -0.830. The summed E-state index contributed by atoms with van der Waals surface area (Å²) in [6, 6.07) is 0. The average molecular weight is 211 g/mol. The number of carbonyl (C=O) groups is 1. The second-order valence-electron chi connectivity index (χ2n) is 4.97. The molecule has 1 rings (SSSR count). The molecule has 0 spiro atoms. The SMILES string of the molecule is CCONC(=O)[C@@H]1[C@H](C=C(C)C)C1(C)C. The van der Waals surface area contributed by atoms with Gasteiger partial charge in [-0.3, -0.25) is 9.63 Å². The molecule has 1 N–H and O–H groups in total. The van der Waals surface area contributed by atoms with E-state index >= 15 is 0 Å². The van der Waals surface area contributed by atoms with Gasteiger partial charge in [-0.15, -0.1) is 0 Å². The van der Waals surface area contributed by atoms with Crippen molar-refractivity contribution in [1.29, 1.82) is 0 Å². The molecule has 3 heteroatoms. The molecule has 0 heterocycles. The molecule has 0 bridgehead atoms. The molecule has 0 unspecified atom stereocenters. The van der Waals surface area contributed by atoms with Gasteiger partial charge >= 0.3 is 0 Å². The minimum atomic E-state index is 0.00403. The Kier molecular flexibility index (Phi) is 3.55. The van der Waals surface area contributed by atoms with Gasteiger partial charge in [-0.2, -0.15) is 0 Å². The van der Waals surface area contributed by atoms with Crippen LogP contribution in [0.2, 0.25) is 0 Å². The third kappa shape index (κ3) is 2.59. The number of hydroxylamine groups is 1. The van der Waals surface area contributed by atoms with Crippen LogP contribution in [-0.4, -0.2) is 12.5 Å².